The molecule has 3 rings (SSSR count). The molecule has 1 aliphatic heterocycles. The van der Waals surface area contributed by atoms with Crippen molar-refractivity contribution in [3.63, 3.8) is 0 Å². The zero-order chi connectivity index (χ0) is 20.7. The van der Waals surface area contributed by atoms with Gasteiger partial charge >= 0.3 is 5.97 Å². The number of carboxylic acids is 1. The summed E-state index contributed by atoms with van der Waals surface area (Å²) in [5.74, 6) is 0.0363. The summed E-state index contributed by atoms with van der Waals surface area (Å²) in [6.07, 6.45) is 9.66. The molecule has 4 nitrogen and oxygen atoms in total. The predicted molar refractivity (Wildman–Crippen MR) is 111 cm³/mol. The minimum Gasteiger partial charge on any atom is -0.481 e. The van der Waals surface area contributed by atoms with E-state index in [9.17, 15) is 9.90 Å². The summed E-state index contributed by atoms with van der Waals surface area (Å²) >= 11 is 0. The lowest BCUT2D eigenvalue weighted by molar-refractivity contribution is -0.412. The first kappa shape index (κ1) is 21.8. The maximum atomic E-state index is 11.2. The van der Waals surface area contributed by atoms with Gasteiger partial charge in [0.2, 0.25) is 0 Å². The Hall–Kier alpha value is -0.870. The lowest BCUT2D eigenvalue weighted by atomic mass is 9.46. The van der Waals surface area contributed by atoms with Gasteiger partial charge in [0.05, 0.1) is 5.92 Å². The quantitative estimate of drug-likeness (QED) is 0.450. The molecule has 0 aromatic heterocycles. The highest BCUT2D eigenvalue weighted by molar-refractivity contribution is 5.70. The summed E-state index contributed by atoms with van der Waals surface area (Å²) in [6, 6.07) is 0. The lowest BCUT2D eigenvalue weighted by Crippen LogP contribution is -2.51. The van der Waals surface area contributed by atoms with Crippen molar-refractivity contribution in [1.29, 1.82) is 0 Å². The summed E-state index contributed by atoms with van der Waals surface area (Å²) in [5, 5.41) is 9.21. The second-order valence-corrected chi connectivity index (χ2v) is 10.7. The summed E-state index contributed by atoms with van der Waals surface area (Å²) in [7, 11) is 0. The average molecular weight is 393 g/mol. The van der Waals surface area contributed by atoms with E-state index < -0.39 is 11.9 Å². The Balaban J connectivity index is 1.67. The fraction of sp³-hybridized carbons (Fsp3) is 0.875. The third-order valence-corrected chi connectivity index (χ3v) is 9.04. The molecule has 1 heterocycles. The van der Waals surface area contributed by atoms with Crippen molar-refractivity contribution < 1.29 is 19.7 Å². The molecule has 0 amide bonds. The normalized spacial score (nSPS) is 45.3. The van der Waals surface area contributed by atoms with Gasteiger partial charge in [-0.25, -0.2) is 9.78 Å². The number of hydrogen-bond donors (Lipinski definition) is 1. The number of fused-ring (bicyclic) bond motifs is 1. The first-order valence-corrected chi connectivity index (χ1v) is 11.3. The summed E-state index contributed by atoms with van der Waals surface area (Å²) < 4.78 is 0. The number of aliphatic carboxylic acids is 1. The molecule has 160 valence electrons. The molecular formula is C24H40O4. The minimum atomic E-state index is -0.822. The van der Waals surface area contributed by atoms with E-state index in [0.717, 1.165) is 25.7 Å². The SMILES string of the molecule is C=C1CCC[C@H]2[C@](C)(CC[C@@]3(C)CC[C@H]([C@@H](C)C(=O)O)OO3)[C@@H](C)CC[C@]12C. The monoisotopic (exact) mass is 392 g/mol. The van der Waals surface area contributed by atoms with Gasteiger partial charge in [-0.1, -0.05) is 32.9 Å². The molecule has 4 heteroatoms. The van der Waals surface area contributed by atoms with Crippen LogP contribution in [0.3, 0.4) is 0 Å². The molecule has 0 bridgehead atoms. The molecule has 3 fully saturated rings. The third kappa shape index (κ3) is 3.79. The standard InChI is InChI=1S/C24H40O4/c1-16-8-7-9-20-23(16,5)13-10-17(2)24(20,6)15-14-22(4)12-11-19(27-28-22)18(3)21(25)26/h17-20H,1,7-15H2,2-6H3,(H,25,26)/t17-,18+,19+,20+,22+,23+,24+/m0/s1. The van der Waals surface area contributed by atoms with Crippen LogP contribution in [0, 0.1) is 28.6 Å². The summed E-state index contributed by atoms with van der Waals surface area (Å²) in [6.45, 7) is 15.7. The van der Waals surface area contributed by atoms with Gasteiger partial charge in [-0.2, -0.15) is 0 Å². The lowest BCUT2D eigenvalue weighted by Gasteiger charge is -2.59. The molecular weight excluding hydrogens is 352 g/mol. The maximum absolute atomic E-state index is 11.2. The molecule has 0 aromatic carbocycles. The van der Waals surface area contributed by atoms with Crippen LogP contribution >= 0.6 is 0 Å². The van der Waals surface area contributed by atoms with Crippen LogP contribution in [0.5, 0.6) is 0 Å². The predicted octanol–water partition coefficient (Wildman–Crippen LogP) is 6.16. The Morgan fingerprint density at radius 1 is 1.21 bits per heavy atom. The zero-order valence-corrected chi connectivity index (χ0v) is 18.6. The van der Waals surface area contributed by atoms with Gasteiger partial charge in [-0.15, -0.1) is 0 Å². The van der Waals surface area contributed by atoms with E-state index in [-0.39, 0.29) is 22.5 Å². The van der Waals surface area contributed by atoms with E-state index in [0.29, 0.717) is 11.8 Å². The smallest absolute Gasteiger partial charge is 0.308 e. The number of hydrogen-bond acceptors (Lipinski definition) is 3. The number of rotatable bonds is 5. The van der Waals surface area contributed by atoms with Crippen molar-refractivity contribution in [3.8, 4) is 0 Å². The van der Waals surface area contributed by atoms with Crippen LogP contribution in [-0.4, -0.2) is 22.8 Å². The van der Waals surface area contributed by atoms with Gasteiger partial charge in [0.15, 0.2) is 0 Å². The summed E-state index contributed by atoms with van der Waals surface area (Å²) in [5.41, 5.74) is 1.72. The number of allylic oxidation sites excluding steroid dienone is 1. The molecule has 0 spiro atoms. The fourth-order valence-corrected chi connectivity index (χ4v) is 6.30. The van der Waals surface area contributed by atoms with Gasteiger partial charge in [-0.05, 0) is 94.3 Å². The van der Waals surface area contributed by atoms with Gasteiger partial charge in [0.25, 0.3) is 0 Å². The van der Waals surface area contributed by atoms with Crippen LogP contribution in [0.1, 0.15) is 92.4 Å². The molecule has 1 N–H and O–H groups in total. The van der Waals surface area contributed by atoms with Crippen molar-refractivity contribution in [2.75, 3.05) is 0 Å². The van der Waals surface area contributed by atoms with E-state index in [4.69, 9.17) is 9.78 Å². The van der Waals surface area contributed by atoms with E-state index in [1.54, 1.807) is 6.92 Å². The molecule has 1 saturated heterocycles. The molecule has 0 unspecified atom stereocenters. The third-order valence-electron chi connectivity index (χ3n) is 9.04. The fourth-order valence-electron chi connectivity index (χ4n) is 6.30. The van der Waals surface area contributed by atoms with Gasteiger partial charge in [0, 0.05) is 0 Å². The van der Waals surface area contributed by atoms with Crippen LogP contribution in [0.25, 0.3) is 0 Å². The summed E-state index contributed by atoms with van der Waals surface area (Å²) in [4.78, 5) is 22.6. The Morgan fingerprint density at radius 2 is 1.93 bits per heavy atom. The van der Waals surface area contributed by atoms with Crippen LogP contribution in [0.2, 0.25) is 0 Å². The van der Waals surface area contributed by atoms with E-state index in [1.807, 2.05) is 0 Å². The molecule has 0 aromatic rings. The van der Waals surface area contributed by atoms with Crippen LogP contribution in [-0.2, 0) is 14.6 Å². The maximum Gasteiger partial charge on any atom is 0.308 e. The molecule has 7 atom stereocenters. The Morgan fingerprint density at radius 3 is 2.54 bits per heavy atom. The Bertz CT molecular complexity index is 606. The second kappa shape index (κ2) is 7.75. The number of carboxylic acid groups (broad SMARTS) is 1. The highest BCUT2D eigenvalue weighted by atomic mass is 17.2. The average Bonchev–Trinajstić information content (AvgIpc) is 2.66. The topological polar surface area (TPSA) is 55.8 Å². The minimum absolute atomic E-state index is 0.284. The van der Waals surface area contributed by atoms with E-state index in [1.165, 1.54) is 37.7 Å². The Kier molecular flexibility index (Phi) is 6.05. The molecule has 28 heavy (non-hydrogen) atoms. The van der Waals surface area contributed by atoms with Crippen LogP contribution < -0.4 is 0 Å². The highest BCUT2D eigenvalue weighted by Gasteiger charge is 2.54. The molecule has 3 aliphatic rings. The first-order valence-electron chi connectivity index (χ1n) is 11.3. The zero-order valence-electron chi connectivity index (χ0n) is 18.6. The van der Waals surface area contributed by atoms with Crippen LogP contribution in [0.4, 0.5) is 0 Å². The van der Waals surface area contributed by atoms with Gasteiger partial charge < -0.3 is 5.11 Å². The molecule has 2 aliphatic carbocycles. The van der Waals surface area contributed by atoms with E-state index >= 15 is 0 Å². The van der Waals surface area contributed by atoms with Gasteiger partial charge in [0.1, 0.15) is 11.7 Å². The van der Waals surface area contributed by atoms with Crippen molar-refractivity contribution in [2.45, 2.75) is 104 Å². The van der Waals surface area contributed by atoms with Crippen molar-refractivity contribution in [2.24, 2.45) is 28.6 Å². The number of carbonyl (C=O) groups is 1. The van der Waals surface area contributed by atoms with Crippen LogP contribution in [0.15, 0.2) is 12.2 Å². The highest BCUT2D eigenvalue weighted by Crippen LogP contribution is 2.63. The largest absolute Gasteiger partial charge is 0.481 e. The Labute approximate surface area is 171 Å². The first-order chi connectivity index (χ1) is 13.0. The van der Waals surface area contributed by atoms with Crippen molar-refractivity contribution >= 4 is 5.97 Å². The van der Waals surface area contributed by atoms with Crippen molar-refractivity contribution in [1.82, 2.24) is 0 Å². The van der Waals surface area contributed by atoms with Crippen molar-refractivity contribution in [3.05, 3.63) is 12.2 Å². The second-order valence-electron chi connectivity index (χ2n) is 10.7. The molecule has 0 radical (unpaired) electrons. The van der Waals surface area contributed by atoms with Gasteiger partial charge in [-0.3, -0.25) is 4.79 Å². The molecule has 2 saturated carbocycles. The van der Waals surface area contributed by atoms with E-state index in [2.05, 4.69) is 34.3 Å².